The summed E-state index contributed by atoms with van der Waals surface area (Å²) in [5, 5.41) is 10.1. The molecule has 0 spiro atoms. The van der Waals surface area contributed by atoms with Gasteiger partial charge in [-0.2, -0.15) is 0 Å². The summed E-state index contributed by atoms with van der Waals surface area (Å²) in [5.41, 5.74) is 2.54. The Morgan fingerprint density at radius 1 is 1.06 bits per heavy atom. The first-order chi connectivity index (χ1) is 8.17. The van der Waals surface area contributed by atoms with E-state index in [1.807, 2.05) is 19.9 Å². The second-order valence-corrected chi connectivity index (χ2v) is 4.50. The molecule has 2 heterocycles. The van der Waals surface area contributed by atoms with Gasteiger partial charge in [0.05, 0.1) is 6.61 Å². The first-order valence-corrected chi connectivity index (χ1v) is 5.91. The molecule has 0 saturated heterocycles. The summed E-state index contributed by atoms with van der Waals surface area (Å²) in [6.07, 6.45) is 3.19. The molecule has 0 aliphatic carbocycles. The summed E-state index contributed by atoms with van der Waals surface area (Å²) in [4.78, 5) is 16.8. The van der Waals surface area contributed by atoms with Crippen LogP contribution in [0.25, 0.3) is 0 Å². The van der Waals surface area contributed by atoms with Gasteiger partial charge < -0.3 is 5.11 Å². The Balaban J connectivity index is 2.19. The van der Waals surface area contributed by atoms with Crippen molar-refractivity contribution in [3.8, 4) is 0 Å². The molecular formula is C11H12N4OS. The monoisotopic (exact) mass is 248 g/mol. The number of rotatable bonds is 3. The van der Waals surface area contributed by atoms with Crippen LogP contribution in [0.3, 0.4) is 0 Å². The van der Waals surface area contributed by atoms with Crippen LogP contribution in [0.2, 0.25) is 0 Å². The van der Waals surface area contributed by atoms with Gasteiger partial charge in [0.25, 0.3) is 0 Å². The molecule has 6 heteroatoms. The Kier molecular flexibility index (Phi) is 3.65. The van der Waals surface area contributed by atoms with Crippen LogP contribution in [0.5, 0.6) is 0 Å². The fraction of sp³-hybridized carbons (Fsp3) is 0.273. The molecule has 5 nitrogen and oxygen atoms in total. The highest BCUT2D eigenvalue weighted by atomic mass is 32.2. The molecule has 0 aromatic carbocycles. The van der Waals surface area contributed by atoms with Gasteiger partial charge in [-0.25, -0.2) is 19.9 Å². The van der Waals surface area contributed by atoms with Gasteiger partial charge >= 0.3 is 0 Å². The van der Waals surface area contributed by atoms with E-state index in [-0.39, 0.29) is 6.61 Å². The largest absolute Gasteiger partial charge is 0.392 e. The third-order valence-corrected chi connectivity index (χ3v) is 2.77. The lowest BCUT2D eigenvalue weighted by Crippen LogP contribution is -1.95. The topological polar surface area (TPSA) is 71.8 Å². The van der Waals surface area contributed by atoms with Crippen LogP contribution in [0.1, 0.15) is 17.0 Å². The number of aryl methyl sites for hydroxylation is 2. The van der Waals surface area contributed by atoms with Crippen LogP contribution in [-0.4, -0.2) is 25.0 Å². The van der Waals surface area contributed by atoms with Crippen molar-refractivity contribution in [3.05, 3.63) is 35.4 Å². The van der Waals surface area contributed by atoms with Gasteiger partial charge in [0.1, 0.15) is 0 Å². The second kappa shape index (κ2) is 5.20. The fourth-order valence-electron chi connectivity index (χ4n) is 1.30. The van der Waals surface area contributed by atoms with Gasteiger partial charge in [-0.1, -0.05) is 0 Å². The Bertz CT molecular complexity index is 495. The predicted octanol–water partition coefficient (Wildman–Crippen LogP) is 1.53. The van der Waals surface area contributed by atoms with E-state index in [1.165, 1.54) is 11.8 Å². The van der Waals surface area contributed by atoms with Crippen LogP contribution in [0, 0.1) is 13.8 Å². The van der Waals surface area contributed by atoms with Crippen LogP contribution < -0.4 is 0 Å². The zero-order chi connectivity index (χ0) is 12.3. The molecule has 2 aromatic rings. The minimum Gasteiger partial charge on any atom is -0.392 e. The molecule has 1 N–H and O–H groups in total. The number of aromatic nitrogens is 4. The average Bonchev–Trinajstić information content (AvgIpc) is 2.28. The lowest BCUT2D eigenvalue weighted by atomic mass is 10.4. The smallest absolute Gasteiger partial charge is 0.195 e. The molecule has 2 rings (SSSR count). The Labute approximate surface area is 103 Å². The number of aliphatic hydroxyl groups is 1. The summed E-state index contributed by atoms with van der Waals surface area (Å²) >= 11 is 1.31. The van der Waals surface area contributed by atoms with Crippen LogP contribution in [0.4, 0.5) is 0 Å². The lowest BCUT2D eigenvalue weighted by Gasteiger charge is -2.02. The third kappa shape index (κ3) is 3.21. The fourth-order valence-corrected chi connectivity index (χ4v) is 2.05. The predicted molar refractivity (Wildman–Crippen MR) is 63.6 cm³/mol. The van der Waals surface area contributed by atoms with Crippen molar-refractivity contribution in [1.29, 1.82) is 0 Å². The number of aliphatic hydroxyl groups excluding tert-OH is 1. The van der Waals surface area contributed by atoms with Crippen molar-refractivity contribution in [2.45, 2.75) is 30.8 Å². The first-order valence-electron chi connectivity index (χ1n) is 5.09. The van der Waals surface area contributed by atoms with E-state index in [4.69, 9.17) is 5.11 Å². The number of hydrogen-bond donors (Lipinski definition) is 1. The third-order valence-electron chi connectivity index (χ3n) is 2.01. The standard InChI is InChI=1S/C11H12N4OS/c1-7-3-8(2)15-11(14-7)17-10-12-4-9(6-16)5-13-10/h3-5,16H,6H2,1-2H3. The molecule has 0 fully saturated rings. The molecule has 0 amide bonds. The van der Waals surface area contributed by atoms with E-state index < -0.39 is 0 Å². The van der Waals surface area contributed by atoms with Crippen molar-refractivity contribution in [2.24, 2.45) is 0 Å². The summed E-state index contributed by atoms with van der Waals surface area (Å²) in [7, 11) is 0. The minimum atomic E-state index is -0.0506. The molecule has 0 atom stereocenters. The average molecular weight is 248 g/mol. The maximum Gasteiger partial charge on any atom is 0.195 e. The SMILES string of the molecule is Cc1cc(C)nc(Sc2ncc(CO)cn2)n1. The van der Waals surface area contributed by atoms with Crippen LogP contribution in [-0.2, 0) is 6.61 Å². The van der Waals surface area contributed by atoms with Gasteiger partial charge in [-0.3, -0.25) is 0 Å². The summed E-state index contributed by atoms with van der Waals surface area (Å²) in [6.45, 7) is 3.80. The molecule has 0 aliphatic heterocycles. The number of hydrogen-bond acceptors (Lipinski definition) is 6. The normalized spacial score (nSPS) is 10.5. The molecule has 88 valence electrons. The van der Waals surface area contributed by atoms with E-state index in [1.54, 1.807) is 12.4 Å². The van der Waals surface area contributed by atoms with E-state index in [0.29, 0.717) is 15.9 Å². The molecule has 0 unspecified atom stereocenters. The van der Waals surface area contributed by atoms with Crippen molar-refractivity contribution < 1.29 is 5.11 Å². The zero-order valence-corrected chi connectivity index (χ0v) is 10.4. The Hall–Kier alpha value is -1.53. The molecule has 17 heavy (non-hydrogen) atoms. The first kappa shape index (κ1) is 11.9. The van der Waals surface area contributed by atoms with Crippen molar-refractivity contribution in [1.82, 2.24) is 19.9 Å². The highest BCUT2D eigenvalue weighted by Gasteiger charge is 2.05. The van der Waals surface area contributed by atoms with Gasteiger partial charge in [0.15, 0.2) is 10.3 Å². The van der Waals surface area contributed by atoms with Crippen molar-refractivity contribution >= 4 is 11.8 Å². The highest BCUT2D eigenvalue weighted by molar-refractivity contribution is 7.99. The van der Waals surface area contributed by atoms with E-state index in [2.05, 4.69) is 19.9 Å². The van der Waals surface area contributed by atoms with Crippen molar-refractivity contribution in [2.75, 3.05) is 0 Å². The Morgan fingerprint density at radius 2 is 1.65 bits per heavy atom. The molecule has 0 aliphatic rings. The molecule has 2 aromatic heterocycles. The van der Waals surface area contributed by atoms with E-state index in [9.17, 15) is 0 Å². The van der Waals surface area contributed by atoms with Crippen molar-refractivity contribution in [3.63, 3.8) is 0 Å². The maximum absolute atomic E-state index is 8.88. The van der Waals surface area contributed by atoms with Gasteiger partial charge in [0.2, 0.25) is 0 Å². The quantitative estimate of drug-likeness (QED) is 0.830. The molecule has 0 saturated carbocycles. The van der Waals surface area contributed by atoms with E-state index >= 15 is 0 Å². The molecular weight excluding hydrogens is 236 g/mol. The molecule has 0 bridgehead atoms. The lowest BCUT2D eigenvalue weighted by molar-refractivity contribution is 0.280. The number of nitrogens with zero attached hydrogens (tertiary/aromatic N) is 4. The Morgan fingerprint density at radius 3 is 2.18 bits per heavy atom. The summed E-state index contributed by atoms with van der Waals surface area (Å²) < 4.78 is 0. The summed E-state index contributed by atoms with van der Waals surface area (Å²) in [6, 6.07) is 1.92. The van der Waals surface area contributed by atoms with Crippen LogP contribution >= 0.6 is 11.8 Å². The van der Waals surface area contributed by atoms with E-state index in [0.717, 1.165) is 11.4 Å². The summed E-state index contributed by atoms with van der Waals surface area (Å²) in [5.74, 6) is 0. The second-order valence-electron chi connectivity index (χ2n) is 3.57. The zero-order valence-electron chi connectivity index (χ0n) is 9.58. The van der Waals surface area contributed by atoms with Crippen LogP contribution in [0.15, 0.2) is 28.8 Å². The van der Waals surface area contributed by atoms with Gasteiger partial charge in [-0.15, -0.1) is 0 Å². The molecule has 0 radical (unpaired) electrons. The minimum absolute atomic E-state index is 0.0506. The van der Waals surface area contributed by atoms with Gasteiger partial charge in [0, 0.05) is 29.3 Å². The highest BCUT2D eigenvalue weighted by Crippen LogP contribution is 2.20. The maximum atomic E-state index is 8.88. The van der Waals surface area contributed by atoms with Gasteiger partial charge in [-0.05, 0) is 31.7 Å².